The van der Waals surface area contributed by atoms with E-state index in [4.69, 9.17) is 9.47 Å². The summed E-state index contributed by atoms with van der Waals surface area (Å²) in [6, 6.07) is 10.7. The Kier molecular flexibility index (Phi) is 8.19. The number of piperidine rings is 1. The molecule has 0 aliphatic carbocycles. The van der Waals surface area contributed by atoms with Crippen molar-refractivity contribution in [2.24, 2.45) is 0 Å². The minimum absolute atomic E-state index is 0.0759. The van der Waals surface area contributed by atoms with Gasteiger partial charge in [-0.15, -0.1) is 0 Å². The van der Waals surface area contributed by atoms with Gasteiger partial charge in [0.1, 0.15) is 11.2 Å². The first-order chi connectivity index (χ1) is 19.7. The van der Waals surface area contributed by atoms with Gasteiger partial charge in [0.05, 0.1) is 30.0 Å². The predicted molar refractivity (Wildman–Crippen MR) is 151 cm³/mol. The van der Waals surface area contributed by atoms with Crippen LogP contribution in [0, 0.1) is 0 Å². The maximum Gasteiger partial charge on any atom is 0.416 e. The summed E-state index contributed by atoms with van der Waals surface area (Å²) >= 11 is 0. The third-order valence-electron chi connectivity index (χ3n) is 8.21. The van der Waals surface area contributed by atoms with Gasteiger partial charge in [0.2, 0.25) is 0 Å². The highest BCUT2D eigenvalue weighted by molar-refractivity contribution is 6.00. The molecular formula is C31H38F3N3O5. The summed E-state index contributed by atoms with van der Waals surface area (Å²) in [6.07, 6.45) is -3.44. The Bertz CT molecular complexity index is 1290. The van der Waals surface area contributed by atoms with E-state index in [9.17, 15) is 27.9 Å². The normalized spacial score (nSPS) is 19.8. The van der Waals surface area contributed by atoms with Crippen molar-refractivity contribution in [3.63, 3.8) is 0 Å². The molecule has 42 heavy (non-hydrogen) atoms. The zero-order valence-corrected chi connectivity index (χ0v) is 24.2. The van der Waals surface area contributed by atoms with E-state index in [0.29, 0.717) is 68.9 Å². The lowest BCUT2D eigenvalue weighted by Gasteiger charge is -2.40. The molecule has 0 atom stereocenters. The Labute approximate surface area is 244 Å². The maximum atomic E-state index is 13.8. The van der Waals surface area contributed by atoms with Crippen LogP contribution < -0.4 is 4.90 Å². The van der Waals surface area contributed by atoms with E-state index < -0.39 is 22.9 Å². The number of ether oxygens (including phenoxy) is 2. The summed E-state index contributed by atoms with van der Waals surface area (Å²) < 4.78 is 49.7. The van der Waals surface area contributed by atoms with Crippen LogP contribution in [0.25, 0.3) is 0 Å². The summed E-state index contributed by atoms with van der Waals surface area (Å²) in [5.41, 5.74) is 0.374. The van der Waals surface area contributed by atoms with E-state index in [1.54, 1.807) is 21.9 Å². The molecule has 3 aliphatic rings. The fraction of sp³-hybridized carbons (Fsp3) is 0.548. The smallest absolute Gasteiger partial charge is 0.416 e. The molecule has 0 aromatic heterocycles. The van der Waals surface area contributed by atoms with Crippen molar-refractivity contribution in [1.82, 2.24) is 9.80 Å². The molecule has 0 saturated carbocycles. The summed E-state index contributed by atoms with van der Waals surface area (Å²) in [5.74, 6) is -0.0548. The van der Waals surface area contributed by atoms with E-state index in [1.807, 2.05) is 26.8 Å². The van der Waals surface area contributed by atoms with Gasteiger partial charge in [-0.2, -0.15) is 13.2 Å². The average molecular weight is 590 g/mol. The summed E-state index contributed by atoms with van der Waals surface area (Å²) in [7, 11) is 0. The fourth-order valence-electron chi connectivity index (χ4n) is 5.71. The number of hydrogen-bond donors (Lipinski definition) is 1. The quantitative estimate of drug-likeness (QED) is 0.541. The maximum absolute atomic E-state index is 13.8. The van der Waals surface area contributed by atoms with Crippen molar-refractivity contribution in [2.45, 2.75) is 56.9 Å². The number of likely N-dealkylation sites (tertiary alicyclic amines) is 1. The van der Waals surface area contributed by atoms with Gasteiger partial charge >= 0.3 is 12.3 Å². The molecule has 0 unspecified atom stereocenters. The Balaban J connectivity index is 1.29. The van der Waals surface area contributed by atoms with Crippen molar-refractivity contribution in [3.05, 3.63) is 64.7 Å². The standard InChI is InChI=1S/C31H38F3N3O5/c1-29(2,3)42-28(39)37-16-14-35(15-17-37)26-18-24(30(40)19-41-20-30)8-9-25(26)27(38)36-12-10-22(11-13-36)21-4-6-23(7-5-21)31(32,33)34/h4-9,18,22,40H,10-17,19-20H2,1-3H3. The van der Waals surface area contributed by atoms with Crippen LogP contribution in [0.2, 0.25) is 0 Å². The molecule has 3 aliphatic heterocycles. The Morgan fingerprint density at radius 1 is 0.905 bits per heavy atom. The Morgan fingerprint density at radius 2 is 1.52 bits per heavy atom. The van der Waals surface area contributed by atoms with Crippen LogP contribution in [0.5, 0.6) is 0 Å². The van der Waals surface area contributed by atoms with E-state index in [-0.39, 0.29) is 31.1 Å². The SMILES string of the molecule is CC(C)(C)OC(=O)N1CCN(c2cc(C3(O)COC3)ccc2C(=O)N2CCC(c3ccc(C(F)(F)F)cc3)CC2)CC1. The number of carbonyl (C=O) groups is 2. The van der Waals surface area contributed by atoms with E-state index in [2.05, 4.69) is 4.90 Å². The third kappa shape index (κ3) is 6.52. The molecule has 2 aromatic rings. The zero-order chi connectivity index (χ0) is 30.3. The van der Waals surface area contributed by atoms with E-state index >= 15 is 0 Å². The van der Waals surface area contributed by atoms with Crippen molar-refractivity contribution < 1.29 is 37.3 Å². The van der Waals surface area contributed by atoms with Gasteiger partial charge in [0.15, 0.2) is 0 Å². The number of benzene rings is 2. The van der Waals surface area contributed by atoms with Crippen LogP contribution in [0.4, 0.5) is 23.7 Å². The lowest BCUT2D eigenvalue weighted by atomic mass is 9.88. The molecule has 228 valence electrons. The van der Waals surface area contributed by atoms with Crippen LogP contribution in [-0.4, -0.2) is 85.0 Å². The fourth-order valence-corrected chi connectivity index (χ4v) is 5.71. The molecular weight excluding hydrogens is 551 g/mol. The number of amides is 2. The summed E-state index contributed by atoms with van der Waals surface area (Å²) in [4.78, 5) is 31.9. The van der Waals surface area contributed by atoms with Crippen LogP contribution in [0.15, 0.2) is 42.5 Å². The van der Waals surface area contributed by atoms with Crippen LogP contribution in [-0.2, 0) is 21.3 Å². The summed E-state index contributed by atoms with van der Waals surface area (Å²) in [5, 5.41) is 10.9. The van der Waals surface area contributed by atoms with Crippen LogP contribution >= 0.6 is 0 Å². The monoisotopic (exact) mass is 589 g/mol. The zero-order valence-electron chi connectivity index (χ0n) is 24.2. The number of aliphatic hydroxyl groups is 1. The Morgan fingerprint density at radius 3 is 2.05 bits per heavy atom. The number of nitrogens with zero attached hydrogens (tertiary/aromatic N) is 3. The van der Waals surface area contributed by atoms with Crippen molar-refractivity contribution >= 4 is 17.7 Å². The molecule has 0 spiro atoms. The van der Waals surface area contributed by atoms with Gasteiger partial charge in [-0.05, 0) is 74.9 Å². The van der Waals surface area contributed by atoms with Gasteiger partial charge < -0.3 is 29.3 Å². The largest absolute Gasteiger partial charge is 0.444 e. The number of piperazine rings is 1. The summed E-state index contributed by atoms with van der Waals surface area (Å²) in [6.45, 7) is 8.65. The lowest BCUT2D eigenvalue weighted by molar-refractivity contribution is -0.184. The van der Waals surface area contributed by atoms with Gasteiger partial charge in [-0.1, -0.05) is 18.2 Å². The van der Waals surface area contributed by atoms with E-state index in [0.717, 1.165) is 17.7 Å². The molecule has 11 heteroatoms. The second kappa shape index (κ2) is 11.4. The number of carbonyl (C=O) groups excluding carboxylic acids is 2. The van der Waals surface area contributed by atoms with Crippen molar-refractivity contribution in [3.8, 4) is 0 Å². The highest BCUT2D eigenvalue weighted by Crippen LogP contribution is 2.36. The average Bonchev–Trinajstić information content (AvgIpc) is 2.94. The second-order valence-corrected chi connectivity index (χ2v) is 12.4. The molecule has 1 N–H and O–H groups in total. The molecule has 5 rings (SSSR count). The first-order valence-corrected chi connectivity index (χ1v) is 14.4. The van der Waals surface area contributed by atoms with Crippen molar-refractivity contribution in [1.29, 1.82) is 0 Å². The number of halogens is 3. The Hall–Kier alpha value is -3.31. The highest BCUT2D eigenvalue weighted by atomic mass is 19.4. The van der Waals surface area contributed by atoms with Gasteiger partial charge in [-0.3, -0.25) is 4.79 Å². The number of hydrogen-bond acceptors (Lipinski definition) is 6. The molecule has 3 fully saturated rings. The van der Waals surface area contributed by atoms with Gasteiger partial charge in [-0.25, -0.2) is 4.79 Å². The van der Waals surface area contributed by atoms with E-state index in [1.165, 1.54) is 12.1 Å². The topological polar surface area (TPSA) is 82.5 Å². The van der Waals surface area contributed by atoms with Gasteiger partial charge in [0, 0.05) is 39.3 Å². The number of anilines is 1. The first kappa shape index (κ1) is 30.2. The number of alkyl halides is 3. The predicted octanol–water partition coefficient (Wildman–Crippen LogP) is 5.00. The molecule has 2 aromatic carbocycles. The molecule has 3 saturated heterocycles. The minimum Gasteiger partial charge on any atom is -0.444 e. The second-order valence-electron chi connectivity index (χ2n) is 12.4. The third-order valence-corrected chi connectivity index (χ3v) is 8.21. The molecule has 8 nitrogen and oxygen atoms in total. The molecule has 0 radical (unpaired) electrons. The lowest BCUT2D eigenvalue weighted by Crippen LogP contribution is -2.51. The molecule has 0 bridgehead atoms. The van der Waals surface area contributed by atoms with Crippen molar-refractivity contribution in [2.75, 3.05) is 57.4 Å². The molecule has 2 amide bonds. The first-order valence-electron chi connectivity index (χ1n) is 14.4. The van der Waals surface area contributed by atoms with Crippen LogP contribution in [0.3, 0.4) is 0 Å². The highest BCUT2D eigenvalue weighted by Gasteiger charge is 2.39. The minimum atomic E-state index is -4.37. The van der Waals surface area contributed by atoms with Gasteiger partial charge in [0.25, 0.3) is 5.91 Å². The number of rotatable bonds is 4. The van der Waals surface area contributed by atoms with Crippen LogP contribution in [0.1, 0.15) is 66.6 Å². The molecule has 3 heterocycles.